The molecule has 1 aromatic rings. The molecule has 0 bridgehead atoms. The summed E-state index contributed by atoms with van der Waals surface area (Å²) in [5.41, 5.74) is 0.461. The summed E-state index contributed by atoms with van der Waals surface area (Å²) in [6.45, 7) is 4.07. The molecule has 0 radical (unpaired) electrons. The molecule has 1 saturated heterocycles. The van der Waals surface area contributed by atoms with Crippen molar-refractivity contribution < 1.29 is 9.90 Å². The van der Waals surface area contributed by atoms with Gasteiger partial charge in [0.25, 0.3) is 5.91 Å². The monoisotopic (exact) mass is 316 g/mol. The highest BCUT2D eigenvalue weighted by molar-refractivity contribution is 6.43. The van der Waals surface area contributed by atoms with Crippen LogP contribution in [0.1, 0.15) is 16.8 Å². The zero-order valence-corrected chi connectivity index (χ0v) is 12.7. The maximum atomic E-state index is 12.4. The van der Waals surface area contributed by atoms with E-state index in [2.05, 4.69) is 4.90 Å². The maximum Gasteiger partial charge on any atom is 0.255 e. The summed E-state index contributed by atoms with van der Waals surface area (Å²) in [4.78, 5) is 16.5. The van der Waals surface area contributed by atoms with Crippen LogP contribution in [0.25, 0.3) is 0 Å². The van der Waals surface area contributed by atoms with Crippen LogP contribution in [0, 0.1) is 0 Å². The van der Waals surface area contributed by atoms with Gasteiger partial charge in [0, 0.05) is 39.3 Å². The van der Waals surface area contributed by atoms with Crippen molar-refractivity contribution in [1.82, 2.24) is 9.80 Å². The fourth-order valence-electron chi connectivity index (χ4n) is 2.31. The minimum absolute atomic E-state index is 0.0701. The normalized spacial score (nSPS) is 16.4. The van der Waals surface area contributed by atoms with Gasteiger partial charge >= 0.3 is 0 Å². The molecule has 1 aliphatic rings. The second kappa shape index (κ2) is 7.27. The molecule has 1 heterocycles. The van der Waals surface area contributed by atoms with Crippen molar-refractivity contribution in [1.29, 1.82) is 0 Å². The van der Waals surface area contributed by atoms with Gasteiger partial charge in [-0.1, -0.05) is 29.3 Å². The third-order valence-electron chi connectivity index (χ3n) is 3.47. The summed E-state index contributed by atoms with van der Waals surface area (Å²) < 4.78 is 0. The molecule has 0 saturated carbocycles. The lowest BCUT2D eigenvalue weighted by Gasteiger charge is -2.34. The van der Waals surface area contributed by atoms with E-state index in [1.54, 1.807) is 23.1 Å². The molecule has 1 amide bonds. The van der Waals surface area contributed by atoms with E-state index in [0.717, 1.165) is 26.1 Å². The number of nitrogens with zero attached hydrogens (tertiary/aromatic N) is 2. The van der Waals surface area contributed by atoms with Crippen LogP contribution in [0.3, 0.4) is 0 Å². The van der Waals surface area contributed by atoms with Gasteiger partial charge in [0.2, 0.25) is 0 Å². The number of carbonyl (C=O) groups is 1. The minimum atomic E-state index is -0.0701. The lowest BCUT2D eigenvalue weighted by molar-refractivity contribution is 0.0629. The Morgan fingerprint density at radius 3 is 2.55 bits per heavy atom. The molecule has 0 unspecified atom stereocenters. The van der Waals surface area contributed by atoms with Crippen molar-refractivity contribution in [2.45, 2.75) is 6.42 Å². The average Bonchev–Trinajstić information content (AvgIpc) is 2.48. The number of hydrogen-bond donors (Lipinski definition) is 1. The van der Waals surface area contributed by atoms with E-state index in [0.29, 0.717) is 28.7 Å². The molecule has 0 aromatic heterocycles. The van der Waals surface area contributed by atoms with Gasteiger partial charge in [0.1, 0.15) is 0 Å². The van der Waals surface area contributed by atoms with Crippen LogP contribution < -0.4 is 0 Å². The van der Waals surface area contributed by atoms with Gasteiger partial charge in [-0.25, -0.2) is 0 Å². The highest BCUT2D eigenvalue weighted by atomic mass is 35.5. The zero-order chi connectivity index (χ0) is 14.5. The van der Waals surface area contributed by atoms with Gasteiger partial charge in [-0.05, 0) is 18.6 Å². The van der Waals surface area contributed by atoms with Crippen LogP contribution in [0.4, 0.5) is 0 Å². The Kier molecular flexibility index (Phi) is 5.66. The molecule has 110 valence electrons. The van der Waals surface area contributed by atoms with E-state index in [1.807, 2.05) is 0 Å². The number of halogens is 2. The molecule has 4 nitrogen and oxygen atoms in total. The van der Waals surface area contributed by atoms with E-state index in [-0.39, 0.29) is 12.5 Å². The summed E-state index contributed by atoms with van der Waals surface area (Å²) in [6.07, 6.45) is 0.772. The number of hydrogen-bond acceptors (Lipinski definition) is 3. The van der Waals surface area contributed by atoms with Crippen LogP contribution in [0.2, 0.25) is 10.0 Å². The van der Waals surface area contributed by atoms with Crippen LogP contribution in [-0.4, -0.2) is 60.1 Å². The van der Waals surface area contributed by atoms with E-state index < -0.39 is 0 Å². The summed E-state index contributed by atoms with van der Waals surface area (Å²) in [7, 11) is 0. The molecule has 1 aliphatic heterocycles. The van der Waals surface area contributed by atoms with Gasteiger partial charge in [-0.2, -0.15) is 0 Å². The van der Waals surface area contributed by atoms with Crippen LogP contribution in [-0.2, 0) is 0 Å². The van der Waals surface area contributed by atoms with E-state index in [1.165, 1.54) is 0 Å². The highest BCUT2D eigenvalue weighted by Gasteiger charge is 2.23. The predicted molar refractivity (Wildman–Crippen MR) is 80.5 cm³/mol. The first-order valence-corrected chi connectivity index (χ1v) is 7.45. The second-order valence-corrected chi connectivity index (χ2v) is 5.60. The van der Waals surface area contributed by atoms with Crippen molar-refractivity contribution in [3.05, 3.63) is 33.8 Å². The van der Waals surface area contributed by atoms with E-state index in [9.17, 15) is 4.79 Å². The summed E-state index contributed by atoms with van der Waals surface area (Å²) >= 11 is 12.0. The molecule has 2 rings (SSSR count). The van der Waals surface area contributed by atoms with Crippen LogP contribution in [0.5, 0.6) is 0 Å². The van der Waals surface area contributed by atoms with Gasteiger partial charge in [0.05, 0.1) is 15.6 Å². The van der Waals surface area contributed by atoms with Crippen molar-refractivity contribution >= 4 is 29.1 Å². The summed E-state index contributed by atoms with van der Waals surface area (Å²) in [5.74, 6) is -0.0701. The molecule has 0 spiro atoms. The quantitative estimate of drug-likeness (QED) is 0.925. The molecule has 6 heteroatoms. The van der Waals surface area contributed by atoms with Crippen molar-refractivity contribution in [3.8, 4) is 0 Å². The standard InChI is InChI=1S/C14H18Cl2N2O2/c15-12-4-1-3-11(13(12)16)14(20)18-8-6-17(7-9-18)5-2-10-19/h1,3-4,19H,2,5-10H2. The van der Waals surface area contributed by atoms with Gasteiger partial charge in [-0.15, -0.1) is 0 Å². The Morgan fingerprint density at radius 1 is 1.20 bits per heavy atom. The van der Waals surface area contributed by atoms with E-state index >= 15 is 0 Å². The Bertz CT molecular complexity index is 474. The third kappa shape index (κ3) is 3.64. The molecule has 0 atom stereocenters. The summed E-state index contributed by atoms with van der Waals surface area (Å²) in [6, 6.07) is 5.11. The number of benzene rings is 1. The number of rotatable bonds is 4. The van der Waals surface area contributed by atoms with Gasteiger partial charge in [-0.3, -0.25) is 9.69 Å². The van der Waals surface area contributed by atoms with Gasteiger partial charge in [0.15, 0.2) is 0 Å². The van der Waals surface area contributed by atoms with Crippen LogP contribution in [0.15, 0.2) is 18.2 Å². The summed E-state index contributed by atoms with van der Waals surface area (Å²) in [5, 5.41) is 9.55. The zero-order valence-electron chi connectivity index (χ0n) is 11.2. The third-order valence-corrected chi connectivity index (χ3v) is 4.29. The SMILES string of the molecule is O=C(c1cccc(Cl)c1Cl)N1CCN(CCCO)CC1. The first kappa shape index (κ1) is 15.6. The highest BCUT2D eigenvalue weighted by Crippen LogP contribution is 2.26. The number of piperazine rings is 1. The molecular weight excluding hydrogens is 299 g/mol. The first-order valence-electron chi connectivity index (χ1n) is 6.70. The van der Waals surface area contributed by atoms with Crippen LogP contribution >= 0.6 is 23.2 Å². The first-order chi connectivity index (χ1) is 9.63. The Hall–Kier alpha value is -0.810. The molecule has 0 aliphatic carbocycles. The topological polar surface area (TPSA) is 43.8 Å². The smallest absolute Gasteiger partial charge is 0.255 e. The average molecular weight is 317 g/mol. The van der Waals surface area contributed by atoms with Gasteiger partial charge < -0.3 is 10.0 Å². The second-order valence-electron chi connectivity index (χ2n) is 4.81. The minimum Gasteiger partial charge on any atom is -0.396 e. The Morgan fingerprint density at radius 2 is 1.90 bits per heavy atom. The van der Waals surface area contributed by atoms with Crippen molar-refractivity contribution in [2.24, 2.45) is 0 Å². The Balaban J connectivity index is 1.96. The predicted octanol–water partition coefficient (Wildman–Crippen LogP) is 2.13. The molecule has 1 aromatic carbocycles. The number of aliphatic hydroxyl groups is 1. The maximum absolute atomic E-state index is 12.4. The fraction of sp³-hybridized carbons (Fsp3) is 0.500. The lowest BCUT2D eigenvalue weighted by atomic mass is 10.1. The van der Waals surface area contributed by atoms with Crippen molar-refractivity contribution in [2.75, 3.05) is 39.3 Å². The number of aliphatic hydroxyl groups excluding tert-OH is 1. The molecule has 1 fully saturated rings. The van der Waals surface area contributed by atoms with E-state index in [4.69, 9.17) is 28.3 Å². The number of amides is 1. The lowest BCUT2D eigenvalue weighted by Crippen LogP contribution is -2.49. The largest absolute Gasteiger partial charge is 0.396 e. The molecule has 20 heavy (non-hydrogen) atoms. The number of carbonyl (C=O) groups excluding carboxylic acids is 1. The van der Waals surface area contributed by atoms with Crippen molar-refractivity contribution in [3.63, 3.8) is 0 Å². The fourth-order valence-corrected chi connectivity index (χ4v) is 2.69. The molecular formula is C14H18Cl2N2O2. The molecule has 1 N–H and O–H groups in total. The Labute approximate surface area is 128 Å².